The summed E-state index contributed by atoms with van der Waals surface area (Å²) in [5.74, 6) is -0.425. The molecule has 1 aromatic rings. The number of rotatable bonds is 2. The Hall–Kier alpha value is -1.95. The van der Waals surface area contributed by atoms with Crippen molar-refractivity contribution in [3.8, 4) is 0 Å². The molecule has 1 fully saturated rings. The molecule has 0 radical (unpaired) electrons. The average molecular weight is 355 g/mol. The molecule has 1 heterocycles. The highest BCUT2D eigenvalue weighted by Gasteiger charge is 2.26. The molecule has 0 aliphatic carbocycles. The Balaban J connectivity index is 2.03. The third kappa shape index (κ3) is 4.77. The highest BCUT2D eigenvalue weighted by molar-refractivity contribution is 6.31. The fourth-order valence-electron chi connectivity index (χ4n) is 2.47. The molecule has 1 aliphatic heterocycles. The average Bonchev–Trinajstić information content (AvgIpc) is 2.52. The molecule has 2 rings (SSSR count). The van der Waals surface area contributed by atoms with Gasteiger partial charge in [-0.3, -0.25) is 0 Å². The number of carbonyl (C=O) groups is 2. The van der Waals surface area contributed by atoms with Crippen molar-refractivity contribution in [1.29, 1.82) is 0 Å². The van der Waals surface area contributed by atoms with Gasteiger partial charge in [-0.05, 0) is 39.0 Å². The summed E-state index contributed by atoms with van der Waals surface area (Å²) in [4.78, 5) is 27.6. The van der Waals surface area contributed by atoms with Crippen LogP contribution in [-0.4, -0.2) is 55.9 Å². The van der Waals surface area contributed by atoms with Crippen LogP contribution in [0, 0.1) is 0 Å². The molecule has 1 aromatic carbocycles. The van der Waals surface area contributed by atoms with Crippen LogP contribution in [0.3, 0.4) is 0 Å². The lowest BCUT2D eigenvalue weighted by molar-refractivity contribution is 0.0240. The smallest absolute Gasteiger partial charge is 0.410 e. The monoisotopic (exact) mass is 354 g/mol. The van der Waals surface area contributed by atoms with Gasteiger partial charge < -0.3 is 19.3 Å². The van der Waals surface area contributed by atoms with Crippen LogP contribution >= 0.6 is 11.6 Å². The summed E-state index contributed by atoms with van der Waals surface area (Å²) in [5, 5.41) is 0.475. The molecule has 0 aromatic heterocycles. The molecule has 0 saturated carbocycles. The third-order valence-electron chi connectivity index (χ3n) is 3.60. The summed E-state index contributed by atoms with van der Waals surface area (Å²) in [6, 6.07) is 5.13. The van der Waals surface area contributed by atoms with Crippen molar-refractivity contribution in [2.24, 2.45) is 0 Å². The second-order valence-electron chi connectivity index (χ2n) is 6.64. The van der Waals surface area contributed by atoms with Crippen molar-refractivity contribution in [3.63, 3.8) is 0 Å². The molecule has 24 heavy (non-hydrogen) atoms. The zero-order valence-corrected chi connectivity index (χ0v) is 15.2. The molecule has 1 aliphatic rings. The van der Waals surface area contributed by atoms with Gasteiger partial charge in [-0.1, -0.05) is 11.6 Å². The standard InChI is InChI=1S/C17H23ClN2O4/c1-17(2,3)24-16(22)20-7-5-19(6-8-20)14-10-12(15(21)23-4)9-13(18)11-14/h9-11H,5-8H2,1-4H3. The van der Waals surface area contributed by atoms with Crippen LogP contribution in [-0.2, 0) is 9.47 Å². The summed E-state index contributed by atoms with van der Waals surface area (Å²) >= 11 is 6.10. The van der Waals surface area contributed by atoms with Crippen molar-refractivity contribution >= 4 is 29.4 Å². The van der Waals surface area contributed by atoms with Crippen LogP contribution in [0.2, 0.25) is 5.02 Å². The van der Waals surface area contributed by atoms with Crippen LogP contribution in [0.1, 0.15) is 31.1 Å². The van der Waals surface area contributed by atoms with E-state index in [2.05, 4.69) is 4.90 Å². The van der Waals surface area contributed by atoms with Gasteiger partial charge in [-0.25, -0.2) is 9.59 Å². The Bertz CT molecular complexity index is 620. The van der Waals surface area contributed by atoms with Gasteiger partial charge >= 0.3 is 12.1 Å². The summed E-state index contributed by atoms with van der Waals surface area (Å²) in [6.45, 7) is 7.93. The molecule has 0 bridgehead atoms. The number of piperazine rings is 1. The second kappa shape index (κ2) is 7.30. The number of methoxy groups -OCH3 is 1. The van der Waals surface area contributed by atoms with Crippen molar-refractivity contribution < 1.29 is 19.1 Å². The van der Waals surface area contributed by atoms with Gasteiger partial charge in [0, 0.05) is 36.9 Å². The zero-order chi connectivity index (χ0) is 17.9. The maximum atomic E-state index is 12.1. The molecule has 6 nitrogen and oxygen atoms in total. The SMILES string of the molecule is COC(=O)c1cc(Cl)cc(N2CCN(C(=O)OC(C)(C)C)CC2)c1. The maximum Gasteiger partial charge on any atom is 0.410 e. The van der Waals surface area contributed by atoms with Gasteiger partial charge in [0.25, 0.3) is 0 Å². The normalized spacial score (nSPS) is 15.2. The topological polar surface area (TPSA) is 59.1 Å². The zero-order valence-electron chi connectivity index (χ0n) is 14.5. The number of hydrogen-bond acceptors (Lipinski definition) is 5. The van der Waals surface area contributed by atoms with E-state index in [1.54, 1.807) is 23.1 Å². The maximum absolute atomic E-state index is 12.1. The van der Waals surface area contributed by atoms with E-state index in [1.807, 2.05) is 20.8 Å². The molecule has 1 amide bonds. The van der Waals surface area contributed by atoms with Crippen molar-refractivity contribution in [3.05, 3.63) is 28.8 Å². The van der Waals surface area contributed by atoms with Gasteiger partial charge in [0.15, 0.2) is 0 Å². The highest BCUT2D eigenvalue weighted by Crippen LogP contribution is 2.24. The first-order chi connectivity index (χ1) is 11.2. The van der Waals surface area contributed by atoms with E-state index in [0.29, 0.717) is 36.8 Å². The van der Waals surface area contributed by atoms with E-state index in [-0.39, 0.29) is 6.09 Å². The Kier molecular flexibility index (Phi) is 5.59. The van der Waals surface area contributed by atoms with Gasteiger partial charge in [0.05, 0.1) is 12.7 Å². The van der Waals surface area contributed by atoms with Crippen LogP contribution in [0.5, 0.6) is 0 Å². The van der Waals surface area contributed by atoms with Crippen molar-refractivity contribution in [2.75, 3.05) is 38.2 Å². The number of halogens is 1. The Labute approximate surface area is 147 Å². The molecule has 132 valence electrons. The van der Waals surface area contributed by atoms with E-state index < -0.39 is 11.6 Å². The minimum Gasteiger partial charge on any atom is -0.465 e. The number of benzene rings is 1. The largest absolute Gasteiger partial charge is 0.465 e. The molecule has 0 atom stereocenters. The summed E-state index contributed by atoms with van der Waals surface area (Å²) in [5.41, 5.74) is 0.748. The van der Waals surface area contributed by atoms with Crippen LogP contribution < -0.4 is 4.90 Å². The summed E-state index contributed by atoms with van der Waals surface area (Å²) in [7, 11) is 1.34. The second-order valence-corrected chi connectivity index (χ2v) is 7.08. The quantitative estimate of drug-likeness (QED) is 0.763. The van der Waals surface area contributed by atoms with E-state index in [0.717, 1.165) is 5.69 Å². The minimum absolute atomic E-state index is 0.302. The fraction of sp³-hybridized carbons (Fsp3) is 0.529. The van der Waals surface area contributed by atoms with E-state index in [9.17, 15) is 9.59 Å². The number of hydrogen-bond donors (Lipinski definition) is 0. The molecule has 0 N–H and O–H groups in total. The lowest BCUT2D eigenvalue weighted by Gasteiger charge is -2.36. The number of carbonyl (C=O) groups excluding carboxylic acids is 2. The Morgan fingerprint density at radius 2 is 1.71 bits per heavy atom. The van der Waals surface area contributed by atoms with Gasteiger partial charge in [-0.2, -0.15) is 0 Å². The lowest BCUT2D eigenvalue weighted by atomic mass is 10.1. The number of anilines is 1. The first-order valence-corrected chi connectivity index (χ1v) is 8.19. The Morgan fingerprint density at radius 1 is 1.08 bits per heavy atom. The van der Waals surface area contributed by atoms with Crippen LogP contribution in [0.15, 0.2) is 18.2 Å². The first kappa shape index (κ1) is 18.4. The van der Waals surface area contributed by atoms with Crippen molar-refractivity contribution in [2.45, 2.75) is 26.4 Å². The predicted octanol–water partition coefficient (Wildman–Crippen LogP) is 3.18. The van der Waals surface area contributed by atoms with E-state index in [1.165, 1.54) is 7.11 Å². The predicted molar refractivity (Wildman–Crippen MR) is 92.8 cm³/mol. The third-order valence-corrected chi connectivity index (χ3v) is 3.82. The van der Waals surface area contributed by atoms with Crippen molar-refractivity contribution in [1.82, 2.24) is 4.90 Å². The number of amides is 1. The fourth-order valence-corrected chi connectivity index (χ4v) is 2.70. The highest BCUT2D eigenvalue weighted by atomic mass is 35.5. The van der Waals surface area contributed by atoms with E-state index in [4.69, 9.17) is 21.1 Å². The van der Waals surface area contributed by atoms with Crippen LogP contribution in [0.4, 0.5) is 10.5 Å². The van der Waals surface area contributed by atoms with Crippen LogP contribution in [0.25, 0.3) is 0 Å². The van der Waals surface area contributed by atoms with E-state index >= 15 is 0 Å². The first-order valence-electron chi connectivity index (χ1n) is 7.81. The molecular weight excluding hydrogens is 332 g/mol. The molecule has 1 saturated heterocycles. The minimum atomic E-state index is -0.503. The summed E-state index contributed by atoms with van der Waals surface area (Å²) < 4.78 is 10.1. The molecular formula is C17H23ClN2O4. The number of nitrogens with zero attached hydrogens (tertiary/aromatic N) is 2. The molecule has 0 spiro atoms. The van der Waals surface area contributed by atoms with Gasteiger partial charge in [-0.15, -0.1) is 0 Å². The van der Waals surface area contributed by atoms with Gasteiger partial charge in [0.1, 0.15) is 5.60 Å². The number of esters is 1. The number of ether oxygens (including phenoxy) is 2. The lowest BCUT2D eigenvalue weighted by Crippen LogP contribution is -2.50. The molecule has 7 heteroatoms. The summed E-state index contributed by atoms with van der Waals surface area (Å²) in [6.07, 6.45) is -0.302. The van der Waals surface area contributed by atoms with Gasteiger partial charge in [0.2, 0.25) is 0 Å². The Morgan fingerprint density at radius 3 is 2.25 bits per heavy atom. The molecule has 0 unspecified atom stereocenters.